The van der Waals surface area contributed by atoms with Crippen molar-refractivity contribution in [1.29, 1.82) is 0 Å². The molecule has 1 unspecified atom stereocenters. The number of nitrogens with zero attached hydrogens (tertiary/aromatic N) is 1. The van der Waals surface area contributed by atoms with Crippen molar-refractivity contribution in [1.82, 2.24) is 4.90 Å². The summed E-state index contributed by atoms with van der Waals surface area (Å²) >= 11 is 0. The van der Waals surface area contributed by atoms with Crippen LogP contribution in [0.2, 0.25) is 0 Å². The van der Waals surface area contributed by atoms with Crippen LogP contribution < -0.4 is 15.2 Å². The van der Waals surface area contributed by atoms with Gasteiger partial charge in [-0.1, -0.05) is 13.8 Å². The van der Waals surface area contributed by atoms with Crippen molar-refractivity contribution in [2.45, 2.75) is 33.2 Å². The first-order valence-electron chi connectivity index (χ1n) is 7.68. The third kappa shape index (κ3) is 6.28. The maximum absolute atomic E-state index is 12.4. The minimum Gasteiger partial charge on any atom is -0.493 e. The summed E-state index contributed by atoms with van der Waals surface area (Å²) in [7, 11) is 3.32. The molecule has 0 aliphatic carbocycles. The summed E-state index contributed by atoms with van der Waals surface area (Å²) in [5, 5.41) is 0. The number of likely N-dealkylation sites (N-methyl/N-ethyl adjacent to an activating group) is 1. The van der Waals surface area contributed by atoms with Gasteiger partial charge in [0.05, 0.1) is 13.7 Å². The first-order valence-corrected chi connectivity index (χ1v) is 7.68. The Balaban J connectivity index is 0.00000484. The normalized spacial score (nSPS) is 11.6. The molecular weight excluding hydrogens is 316 g/mol. The smallest absolute Gasteiger partial charge is 0.254 e. The lowest BCUT2D eigenvalue weighted by atomic mass is 10.1. The summed E-state index contributed by atoms with van der Waals surface area (Å²) in [6.45, 7) is 7.27. The quantitative estimate of drug-likeness (QED) is 0.787. The molecule has 23 heavy (non-hydrogen) atoms. The third-order valence-corrected chi connectivity index (χ3v) is 3.69. The van der Waals surface area contributed by atoms with Crippen molar-refractivity contribution in [2.24, 2.45) is 11.7 Å². The fraction of sp³-hybridized carbons (Fsp3) is 0.588. The first kappa shape index (κ1) is 21.5. The fourth-order valence-corrected chi connectivity index (χ4v) is 1.89. The summed E-state index contributed by atoms with van der Waals surface area (Å²) in [6.07, 6.45) is 0.973. The minimum atomic E-state index is -0.0787. The van der Waals surface area contributed by atoms with Crippen molar-refractivity contribution < 1.29 is 14.3 Å². The molecule has 6 heteroatoms. The highest BCUT2D eigenvalue weighted by Gasteiger charge is 2.18. The Morgan fingerprint density at radius 1 is 1.26 bits per heavy atom. The highest BCUT2D eigenvalue weighted by Crippen LogP contribution is 2.29. The van der Waals surface area contributed by atoms with E-state index in [0.29, 0.717) is 36.1 Å². The summed E-state index contributed by atoms with van der Waals surface area (Å²) in [6, 6.07) is 5.25. The minimum absolute atomic E-state index is 0. The number of carbonyl (C=O) groups is 1. The average molecular weight is 345 g/mol. The van der Waals surface area contributed by atoms with Crippen LogP contribution >= 0.6 is 12.4 Å². The topological polar surface area (TPSA) is 64.8 Å². The van der Waals surface area contributed by atoms with Crippen LogP contribution in [0.25, 0.3) is 0 Å². The Bertz CT molecular complexity index is 495. The molecule has 0 radical (unpaired) electrons. The Morgan fingerprint density at radius 3 is 2.43 bits per heavy atom. The zero-order valence-electron chi connectivity index (χ0n) is 14.7. The molecular formula is C17H29ClN2O3. The van der Waals surface area contributed by atoms with Gasteiger partial charge in [0.25, 0.3) is 5.91 Å². The van der Waals surface area contributed by atoms with Crippen molar-refractivity contribution in [3.63, 3.8) is 0 Å². The molecule has 132 valence electrons. The molecule has 0 fully saturated rings. The van der Waals surface area contributed by atoms with Gasteiger partial charge in [0.15, 0.2) is 11.5 Å². The molecule has 1 atom stereocenters. The van der Waals surface area contributed by atoms with Gasteiger partial charge in [-0.25, -0.2) is 0 Å². The number of benzene rings is 1. The van der Waals surface area contributed by atoms with Gasteiger partial charge >= 0.3 is 0 Å². The van der Waals surface area contributed by atoms with Gasteiger partial charge < -0.3 is 20.1 Å². The van der Waals surface area contributed by atoms with Crippen LogP contribution in [0.5, 0.6) is 11.5 Å². The third-order valence-electron chi connectivity index (χ3n) is 3.69. The number of ether oxygens (including phenoxy) is 2. The molecule has 0 aliphatic heterocycles. The van der Waals surface area contributed by atoms with Crippen LogP contribution in [0.3, 0.4) is 0 Å². The van der Waals surface area contributed by atoms with Crippen LogP contribution in [-0.2, 0) is 0 Å². The summed E-state index contributed by atoms with van der Waals surface area (Å²) in [5.74, 6) is 1.74. The highest BCUT2D eigenvalue weighted by molar-refractivity contribution is 5.95. The van der Waals surface area contributed by atoms with Crippen molar-refractivity contribution in [3.8, 4) is 11.5 Å². The predicted octanol–water partition coefficient (Wildman–Crippen LogP) is 2.96. The predicted molar refractivity (Wildman–Crippen MR) is 95.8 cm³/mol. The molecule has 0 spiro atoms. The van der Waals surface area contributed by atoms with E-state index in [0.717, 1.165) is 6.42 Å². The molecule has 0 saturated heterocycles. The van der Waals surface area contributed by atoms with Crippen molar-refractivity contribution >= 4 is 18.3 Å². The zero-order chi connectivity index (χ0) is 16.7. The number of amides is 1. The van der Waals surface area contributed by atoms with Gasteiger partial charge in [0.2, 0.25) is 0 Å². The first-order chi connectivity index (χ1) is 10.4. The number of hydrogen-bond donors (Lipinski definition) is 1. The molecule has 1 aromatic carbocycles. The number of hydrogen-bond acceptors (Lipinski definition) is 4. The van der Waals surface area contributed by atoms with Crippen molar-refractivity contribution in [3.05, 3.63) is 23.8 Å². The lowest BCUT2D eigenvalue weighted by Crippen LogP contribution is -2.39. The van der Waals surface area contributed by atoms with Gasteiger partial charge in [-0.2, -0.15) is 0 Å². The van der Waals surface area contributed by atoms with Crippen molar-refractivity contribution in [2.75, 3.05) is 27.3 Å². The number of nitrogens with two attached hydrogens (primary N) is 1. The van der Waals surface area contributed by atoms with E-state index < -0.39 is 0 Å². The molecule has 0 aromatic heterocycles. The molecule has 0 heterocycles. The second-order valence-electron chi connectivity index (χ2n) is 5.90. The molecule has 0 saturated carbocycles. The Kier molecular flexibility index (Phi) is 9.68. The Morgan fingerprint density at radius 2 is 1.91 bits per heavy atom. The summed E-state index contributed by atoms with van der Waals surface area (Å²) < 4.78 is 11.1. The maximum atomic E-state index is 12.4. The van der Waals surface area contributed by atoms with E-state index in [9.17, 15) is 4.79 Å². The summed E-state index contributed by atoms with van der Waals surface area (Å²) in [4.78, 5) is 14.0. The number of rotatable bonds is 8. The highest BCUT2D eigenvalue weighted by atomic mass is 35.5. The second kappa shape index (κ2) is 10.3. The molecule has 0 aliphatic rings. The number of methoxy groups -OCH3 is 1. The maximum Gasteiger partial charge on any atom is 0.254 e. The van der Waals surface area contributed by atoms with E-state index in [-0.39, 0.29) is 24.4 Å². The monoisotopic (exact) mass is 344 g/mol. The molecule has 5 nitrogen and oxygen atoms in total. The number of halogens is 1. The van der Waals surface area contributed by atoms with E-state index >= 15 is 0 Å². The van der Waals surface area contributed by atoms with Crippen LogP contribution in [0.1, 0.15) is 37.6 Å². The van der Waals surface area contributed by atoms with Crippen LogP contribution in [0.15, 0.2) is 18.2 Å². The van der Waals surface area contributed by atoms with E-state index in [2.05, 4.69) is 13.8 Å². The number of carbonyl (C=O) groups excluding carboxylic acids is 1. The largest absolute Gasteiger partial charge is 0.493 e. The van der Waals surface area contributed by atoms with Crippen LogP contribution in [0, 0.1) is 5.92 Å². The zero-order valence-corrected chi connectivity index (χ0v) is 15.5. The van der Waals surface area contributed by atoms with Gasteiger partial charge in [-0.3, -0.25) is 4.79 Å². The fourth-order valence-electron chi connectivity index (χ4n) is 1.89. The Hall–Kier alpha value is -1.46. The molecule has 1 aromatic rings. The average Bonchev–Trinajstić information content (AvgIpc) is 2.52. The second-order valence-corrected chi connectivity index (χ2v) is 5.90. The van der Waals surface area contributed by atoms with E-state index in [1.165, 1.54) is 0 Å². The van der Waals surface area contributed by atoms with Crippen LogP contribution in [-0.4, -0.2) is 44.2 Å². The molecule has 0 bridgehead atoms. The van der Waals surface area contributed by atoms with Gasteiger partial charge in [-0.15, -0.1) is 12.4 Å². The molecule has 1 amide bonds. The van der Waals surface area contributed by atoms with Gasteiger partial charge in [-0.05, 0) is 37.5 Å². The SMILES string of the molecule is COc1cc(C(=O)N(C)C(C)CN)ccc1OCCC(C)C.Cl. The standard InChI is InChI=1S/C17H28N2O3.ClH/c1-12(2)8-9-22-15-7-6-14(10-16(15)21-5)17(20)19(4)13(3)11-18;/h6-7,10,12-13H,8-9,11,18H2,1-5H3;1H. The van der Waals surface area contributed by atoms with Gasteiger partial charge in [0.1, 0.15) is 0 Å². The molecule has 1 rings (SSSR count). The lowest BCUT2D eigenvalue weighted by molar-refractivity contribution is 0.0748. The molecule has 2 N–H and O–H groups in total. The lowest BCUT2D eigenvalue weighted by Gasteiger charge is -2.24. The van der Waals surface area contributed by atoms with E-state index in [4.69, 9.17) is 15.2 Å². The Labute approximate surface area is 145 Å². The van der Waals surface area contributed by atoms with E-state index in [1.807, 2.05) is 6.92 Å². The van der Waals surface area contributed by atoms with Crippen LogP contribution in [0.4, 0.5) is 0 Å². The van der Waals surface area contributed by atoms with Gasteiger partial charge in [0, 0.05) is 25.2 Å². The van der Waals surface area contributed by atoms with E-state index in [1.54, 1.807) is 37.3 Å². The summed E-state index contributed by atoms with van der Waals surface area (Å²) in [5.41, 5.74) is 6.18.